The van der Waals surface area contributed by atoms with Crippen LogP contribution in [0.1, 0.15) is 11.7 Å². The van der Waals surface area contributed by atoms with Gasteiger partial charge in [0.15, 0.2) is 0 Å². The summed E-state index contributed by atoms with van der Waals surface area (Å²) in [7, 11) is 0. The summed E-state index contributed by atoms with van der Waals surface area (Å²) in [5.74, 6) is 0. The van der Waals surface area contributed by atoms with Gasteiger partial charge in [-0.3, -0.25) is 0 Å². The fraction of sp³-hybridized carbons (Fsp3) is 0.222. The zero-order valence-electron chi connectivity index (χ0n) is 7.39. The van der Waals surface area contributed by atoms with Gasteiger partial charge in [0.25, 0.3) is 0 Å². The Morgan fingerprint density at radius 1 is 1.57 bits per heavy atom. The second-order valence-electron chi connectivity index (χ2n) is 3.02. The van der Waals surface area contributed by atoms with Gasteiger partial charge in [-0.25, -0.2) is 4.52 Å². The van der Waals surface area contributed by atoms with Crippen LogP contribution in [0.25, 0.3) is 5.52 Å². The Hall–Kier alpha value is -0.910. The van der Waals surface area contributed by atoms with Crippen molar-refractivity contribution < 1.29 is 5.11 Å². The van der Waals surface area contributed by atoms with Crippen LogP contribution in [-0.2, 0) is 0 Å². The number of hydrogen-bond donors (Lipinski definition) is 2. The van der Waals surface area contributed by atoms with Gasteiger partial charge in [0.05, 0.1) is 28.3 Å². The van der Waals surface area contributed by atoms with Gasteiger partial charge in [-0.2, -0.15) is 5.10 Å². The topological polar surface area (TPSA) is 63.5 Å². The predicted molar refractivity (Wildman–Crippen MR) is 56.9 cm³/mol. The molecule has 0 fully saturated rings. The van der Waals surface area contributed by atoms with Gasteiger partial charge in [0.2, 0.25) is 0 Å². The van der Waals surface area contributed by atoms with Crippen LogP contribution >= 0.6 is 15.9 Å². The molecule has 0 amide bonds. The van der Waals surface area contributed by atoms with Crippen LogP contribution in [0.5, 0.6) is 0 Å². The van der Waals surface area contributed by atoms with Gasteiger partial charge in [-0.15, -0.1) is 0 Å². The second kappa shape index (κ2) is 3.68. The zero-order chi connectivity index (χ0) is 10.1. The number of nitrogens with zero attached hydrogens (tertiary/aromatic N) is 2. The van der Waals surface area contributed by atoms with Crippen molar-refractivity contribution in [2.45, 2.75) is 6.04 Å². The molecule has 1 unspecified atom stereocenters. The number of halogens is 1. The minimum Gasteiger partial charge on any atom is -0.394 e. The number of aliphatic hydroxyl groups is 1. The Kier molecular flexibility index (Phi) is 2.54. The van der Waals surface area contributed by atoms with Crippen LogP contribution in [0.2, 0.25) is 0 Å². The third-order valence-corrected chi connectivity index (χ3v) is 2.86. The number of hydrogen-bond acceptors (Lipinski definition) is 3. The van der Waals surface area contributed by atoms with Crippen LogP contribution in [0.15, 0.2) is 28.9 Å². The van der Waals surface area contributed by atoms with Gasteiger partial charge < -0.3 is 10.8 Å². The Morgan fingerprint density at radius 2 is 2.36 bits per heavy atom. The van der Waals surface area contributed by atoms with Crippen molar-refractivity contribution in [1.29, 1.82) is 0 Å². The molecular weight excluding hydrogens is 246 g/mol. The van der Waals surface area contributed by atoms with Gasteiger partial charge in [0, 0.05) is 6.20 Å². The first-order chi connectivity index (χ1) is 6.74. The van der Waals surface area contributed by atoms with Crippen LogP contribution in [0, 0.1) is 0 Å². The molecule has 0 aromatic carbocycles. The number of aliphatic hydroxyl groups excluding tert-OH is 1. The van der Waals surface area contributed by atoms with Crippen molar-refractivity contribution in [2.24, 2.45) is 5.73 Å². The minimum atomic E-state index is -0.440. The van der Waals surface area contributed by atoms with Gasteiger partial charge in [0.1, 0.15) is 0 Å². The third kappa shape index (κ3) is 1.43. The molecule has 0 aliphatic carbocycles. The molecule has 1 atom stereocenters. The summed E-state index contributed by atoms with van der Waals surface area (Å²) in [5, 5.41) is 13.2. The zero-order valence-corrected chi connectivity index (χ0v) is 8.98. The summed E-state index contributed by atoms with van der Waals surface area (Å²) < 4.78 is 2.58. The van der Waals surface area contributed by atoms with Crippen molar-refractivity contribution in [1.82, 2.24) is 9.61 Å². The van der Waals surface area contributed by atoms with E-state index in [2.05, 4.69) is 21.0 Å². The molecule has 0 aliphatic heterocycles. The smallest absolute Gasteiger partial charge is 0.0967 e. The van der Waals surface area contributed by atoms with Gasteiger partial charge >= 0.3 is 0 Å². The molecular formula is C9H10BrN3O. The van der Waals surface area contributed by atoms with Crippen LogP contribution in [-0.4, -0.2) is 21.3 Å². The Morgan fingerprint density at radius 3 is 3.00 bits per heavy atom. The van der Waals surface area contributed by atoms with Gasteiger partial charge in [-0.1, -0.05) is 6.07 Å². The summed E-state index contributed by atoms with van der Waals surface area (Å²) in [6.45, 7) is -0.109. The molecule has 0 saturated carbocycles. The summed E-state index contributed by atoms with van der Waals surface area (Å²) >= 11 is 3.42. The first kappa shape index (κ1) is 9.64. The molecule has 0 aliphatic rings. The number of pyridine rings is 1. The van der Waals surface area contributed by atoms with Crippen molar-refractivity contribution >= 4 is 21.4 Å². The minimum absolute atomic E-state index is 0.109. The van der Waals surface area contributed by atoms with Gasteiger partial charge in [-0.05, 0) is 28.1 Å². The van der Waals surface area contributed by atoms with Crippen molar-refractivity contribution in [2.75, 3.05) is 6.61 Å². The highest BCUT2D eigenvalue weighted by molar-refractivity contribution is 9.10. The molecule has 3 N–H and O–H groups in total. The van der Waals surface area contributed by atoms with E-state index < -0.39 is 6.04 Å². The van der Waals surface area contributed by atoms with Crippen molar-refractivity contribution in [3.05, 3.63) is 34.6 Å². The normalized spacial score (nSPS) is 13.4. The Labute approximate surface area is 89.5 Å². The first-order valence-corrected chi connectivity index (χ1v) is 5.02. The fourth-order valence-corrected chi connectivity index (χ4v) is 2.00. The van der Waals surface area contributed by atoms with Crippen LogP contribution < -0.4 is 5.73 Å². The van der Waals surface area contributed by atoms with E-state index in [1.807, 2.05) is 24.4 Å². The number of rotatable bonds is 2. The monoisotopic (exact) mass is 255 g/mol. The lowest BCUT2D eigenvalue weighted by atomic mass is 10.2. The van der Waals surface area contributed by atoms with E-state index in [0.29, 0.717) is 5.69 Å². The van der Waals surface area contributed by atoms with Crippen LogP contribution in [0.4, 0.5) is 0 Å². The summed E-state index contributed by atoms with van der Waals surface area (Å²) in [5.41, 5.74) is 7.33. The average Bonchev–Trinajstić information content (AvgIpc) is 2.56. The molecule has 2 aromatic rings. The predicted octanol–water partition coefficient (Wildman–Crippen LogP) is 1.09. The van der Waals surface area contributed by atoms with E-state index in [1.165, 1.54) is 0 Å². The number of aromatic nitrogens is 2. The van der Waals surface area contributed by atoms with E-state index in [0.717, 1.165) is 9.99 Å². The molecule has 74 valence electrons. The summed E-state index contributed by atoms with van der Waals surface area (Å²) in [4.78, 5) is 0. The molecule has 0 bridgehead atoms. The Bertz CT molecular complexity index is 454. The molecule has 0 spiro atoms. The molecule has 14 heavy (non-hydrogen) atoms. The first-order valence-electron chi connectivity index (χ1n) is 4.23. The average molecular weight is 256 g/mol. The quantitative estimate of drug-likeness (QED) is 0.845. The van der Waals surface area contributed by atoms with Crippen molar-refractivity contribution in [3.8, 4) is 0 Å². The molecule has 4 nitrogen and oxygen atoms in total. The second-order valence-corrected chi connectivity index (χ2v) is 3.81. The highest BCUT2D eigenvalue weighted by Gasteiger charge is 2.15. The molecule has 2 heterocycles. The van der Waals surface area contributed by atoms with Crippen LogP contribution in [0.3, 0.4) is 0 Å². The van der Waals surface area contributed by atoms with E-state index in [1.54, 1.807) is 4.52 Å². The molecule has 0 radical (unpaired) electrons. The lowest BCUT2D eigenvalue weighted by Crippen LogP contribution is -2.15. The van der Waals surface area contributed by atoms with E-state index >= 15 is 0 Å². The summed E-state index contributed by atoms with van der Waals surface area (Å²) in [6.07, 6.45) is 1.84. The molecule has 2 aromatic heterocycles. The maximum atomic E-state index is 8.94. The molecule has 0 saturated heterocycles. The lowest BCUT2D eigenvalue weighted by Gasteiger charge is -2.03. The molecule has 5 heteroatoms. The SMILES string of the molecule is NC(CO)c1nn2ccccc2c1Br. The maximum absolute atomic E-state index is 8.94. The Balaban J connectivity index is 2.62. The number of fused-ring (bicyclic) bond motifs is 1. The van der Waals surface area contributed by atoms with E-state index in [-0.39, 0.29) is 6.61 Å². The largest absolute Gasteiger partial charge is 0.394 e. The molecule has 2 rings (SSSR count). The standard InChI is InChI=1S/C9H10BrN3O/c10-8-7-3-1-2-4-13(7)12-9(8)6(11)5-14/h1-4,6,14H,5,11H2. The van der Waals surface area contributed by atoms with E-state index in [9.17, 15) is 0 Å². The lowest BCUT2D eigenvalue weighted by molar-refractivity contribution is 0.265. The third-order valence-electron chi connectivity index (χ3n) is 2.05. The highest BCUT2D eigenvalue weighted by atomic mass is 79.9. The highest BCUT2D eigenvalue weighted by Crippen LogP contribution is 2.25. The fourth-order valence-electron chi connectivity index (χ4n) is 1.31. The summed E-state index contributed by atoms with van der Waals surface area (Å²) in [6, 6.07) is 5.31. The maximum Gasteiger partial charge on any atom is 0.0967 e. The van der Waals surface area contributed by atoms with E-state index in [4.69, 9.17) is 10.8 Å². The van der Waals surface area contributed by atoms with Crippen molar-refractivity contribution in [3.63, 3.8) is 0 Å². The number of nitrogens with two attached hydrogens (primary N) is 1.